The molecule has 0 N–H and O–H groups in total. The molecule has 0 atom stereocenters. The number of hydrogen-bond acceptors (Lipinski definition) is 5. The van der Waals surface area contributed by atoms with Crippen LogP contribution in [0.4, 0.5) is 0 Å². The first-order valence-corrected chi connectivity index (χ1v) is 9.06. The van der Waals surface area contributed by atoms with Gasteiger partial charge in [-0.2, -0.15) is 5.10 Å². The summed E-state index contributed by atoms with van der Waals surface area (Å²) in [5.74, 6) is 1.28. The Morgan fingerprint density at radius 2 is 1.76 bits per heavy atom. The molecule has 0 bridgehead atoms. The predicted molar refractivity (Wildman–Crippen MR) is 95.2 cm³/mol. The van der Waals surface area contributed by atoms with Crippen molar-refractivity contribution in [3.05, 3.63) is 47.0 Å². The largest absolute Gasteiger partial charge is 0.381 e. The summed E-state index contributed by atoms with van der Waals surface area (Å²) in [6.45, 7) is 5.79. The van der Waals surface area contributed by atoms with Gasteiger partial charge in [-0.05, 0) is 37.0 Å². The van der Waals surface area contributed by atoms with Crippen LogP contribution in [0.25, 0.3) is 11.3 Å². The summed E-state index contributed by atoms with van der Waals surface area (Å²) >= 11 is 0. The lowest BCUT2D eigenvalue weighted by molar-refractivity contribution is 0.0205. The molecular weight excluding hydrogens is 316 g/mol. The molecule has 2 aromatic heterocycles. The van der Waals surface area contributed by atoms with E-state index in [0.717, 1.165) is 43.5 Å². The molecule has 0 saturated carbocycles. The molecule has 6 nitrogen and oxygen atoms in total. The number of ether oxygens (including phenoxy) is 1. The van der Waals surface area contributed by atoms with Crippen LogP contribution in [0.3, 0.4) is 0 Å². The normalized spacial score (nSPS) is 19.7. The summed E-state index contributed by atoms with van der Waals surface area (Å²) in [5, 5.41) is 4.55. The Labute approximate surface area is 147 Å². The quantitative estimate of drug-likeness (QED) is 0.828. The van der Waals surface area contributed by atoms with Crippen molar-refractivity contribution in [1.29, 1.82) is 0 Å². The number of aromatic nitrogens is 3. The third-order valence-corrected chi connectivity index (χ3v) is 5.16. The monoisotopic (exact) mass is 340 g/mol. The maximum atomic E-state index is 12.1. The highest BCUT2D eigenvalue weighted by Gasteiger charge is 2.29. The molecule has 2 fully saturated rings. The van der Waals surface area contributed by atoms with Gasteiger partial charge in [0.1, 0.15) is 0 Å². The lowest BCUT2D eigenvalue weighted by Gasteiger charge is -2.41. The smallest absolute Gasteiger partial charge is 0.266 e. The minimum absolute atomic E-state index is 0.0271. The van der Waals surface area contributed by atoms with Gasteiger partial charge in [0.2, 0.25) is 0 Å². The topological polar surface area (TPSA) is 60.2 Å². The molecule has 0 aliphatic carbocycles. The fourth-order valence-corrected chi connectivity index (χ4v) is 3.74. The molecule has 25 heavy (non-hydrogen) atoms. The molecule has 0 unspecified atom stereocenters. The van der Waals surface area contributed by atoms with Crippen molar-refractivity contribution >= 4 is 0 Å². The van der Waals surface area contributed by atoms with Gasteiger partial charge < -0.3 is 9.64 Å². The molecule has 4 heterocycles. The molecule has 4 rings (SSSR count). The van der Waals surface area contributed by atoms with E-state index in [1.54, 1.807) is 29.2 Å². The van der Waals surface area contributed by atoms with Gasteiger partial charge >= 0.3 is 0 Å². The lowest BCUT2D eigenvalue weighted by atomic mass is 9.94. The molecule has 0 amide bonds. The van der Waals surface area contributed by atoms with E-state index in [1.807, 2.05) is 12.1 Å². The number of hydrogen-bond donors (Lipinski definition) is 0. The molecule has 0 aromatic carbocycles. The van der Waals surface area contributed by atoms with E-state index < -0.39 is 0 Å². The van der Waals surface area contributed by atoms with Gasteiger partial charge in [-0.25, -0.2) is 4.68 Å². The molecule has 2 saturated heterocycles. The van der Waals surface area contributed by atoms with E-state index in [9.17, 15) is 4.79 Å². The maximum Gasteiger partial charge on any atom is 0.266 e. The van der Waals surface area contributed by atoms with Crippen molar-refractivity contribution in [2.45, 2.75) is 19.4 Å². The van der Waals surface area contributed by atoms with Crippen LogP contribution >= 0.6 is 0 Å². The fraction of sp³-hybridized carbons (Fsp3) is 0.526. The first kappa shape index (κ1) is 16.4. The Balaban J connectivity index is 1.35. The van der Waals surface area contributed by atoms with Crippen LogP contribution in [0.2, 0.25) is 0 Å². The van der Waals surface area contributed by atoms with Gasteiger partial charge in [-0.3, -0.25) is 9.78 Å². The van der Waals surface area contributed by atoms with Gasteiger partial charge in [-0.1, -0.05) is 0 Å². The Hall–Kier alpha value is -2.05. The molecule has 132 valence electrons. The zero-order chi connectivity index (χ0) is 17.1. The Morgan fingerprint density at radius 3 is 2.52 bits per heavy atom. The Kier molecular flexibility index (Phi) is 4.90. The van der Waals surface area contributed by atoms with E-state index >= 15 is 0 Å². The molecule has 0 radical (unpaired) electrons. The summed E-state index contributed by atoms with van der Waals surface area (Å²) in [6, 6.07) is 7.22. The second-order valence-electron chi connectivity index (χ2n) is 7.12. The molecule has 2 aliphatic rings. The number of pyridine rings is 1. The molecule has 6 heteroatoms. The van der Waals surface area contributed by atoms with Gasteiger partial charge in [0.15, 0.2) is 0 Å². The van der Waals surface area contributed by atoms with Gasteiger partial charge in [0, 0.05) is 62.8 Å². The van der Waals surface area contributed by atoms with Crippen LogP contribution in [0.15, 0.2) is 41.5 Å². The van der Waals surface area contributed by atoms with Crippen LogP contribution in [-0.4, -0.2) is 52.5 Å². The summed E-state index contributed by atoms with van der Waals surface area (Å²) in [6.07, 6.45) is 5.84. The van der Waals surface area contributed by atoms with E-state index in [-0.39, 0.29) is 5.56 Å². The second-order valence-corrected chi connectivity index (χ2v) is 7.12. The number of rotatable bonds is 5. The van der Waals surface area contributed by atoms with Crippen LogP contribution < -0.4 is 5.56 Å². The standard InChI is InChI=1S/C19H24N4O2/c24-19-2-1-18(17-3-7-20-8-4-17)21-23(19)14-16-12-22(13-16)11-15-5-9-25-10-6-15/h1-4,7-8,15-16H,5-6,9-14H2. The van der Waals surface area contributed by atoms with Crippen molar-refractivity contribution in [1.82, 2.24) is 19.7 Å². The minimum atomic E-state index is -0.0271. The Morgan fingerprint density at radius 1 is 1.00 bits per heavy atom. The van der Waals surface area contributed by atoms with Crippen LogP contribution in [0.5, 0.6) is 0 Å². The van der Waals surface area contributed by atoms with Gasteiger partial charge in [-0.15, -0.1) is 0 Å². The molecular formula is C19H24N4O2. The summed E-state index contributed by atoms with van der Waals surface area (Å²) < 4.78 is 7.04. The highest BCUT2D eigenvalue weighted by Crippen LogP contribution is 2.23. The molecule has 2 aromatic rings. The first-order valence-electron chi connectivity index (χ1n) is 9.06. The van der Waals surface area contributed by atoms with Crippen LogP contribution in [-0.2, 0) is 11.3 Å². The predicted octanol–water partition coefficient (Wildman–Crippen LogP) is 1.66. The highest BCUT2D eigenvalue weighted by molar-refractivity contribution is 5.56. The third kappa shape index (κ3) is 3.96. The van der Waals surface area contributed by atoms with E-state index in [1.165, 1.54) is 19.4 Å². The van der Waals surface area contributed by atoms with E-state index in [2.05, 4.69) is 15.0 Å². The first-order chi connectivity index (χ1) is 12.3. The van der Waals surface area contributed by atoms with Gasteiger partial charge in [0.25, 0.3) is 5.56 Å². The van der Waals surface area contributed by atoms with Crippen molar-refractivity contribution in [2.75, 3.05) is 32.8 Å². The highest BCUT2D eigenvalue weighted by atomic mass is 16.5. The van der Waals surface area contributed by atoms with Gasteiger partial charge in [0.05, 0.1) is 12.2 Å². The zero-order valence-corrected chi connectivity index (χ0v) is 14.4. The third-order valence-electron chi connectivity index (χ3n) is 5.16. The molecule has 2 aliphatic heterocycles. The van der Waals surface area contributed by atoms with Crippen LogP contribution in [0.1, 0.15) is 12.8 Å². The van der Waals surface area contributed by atoms with Crippen LogP contribution in [0, 0.1) is 11.8 Å². The zero-order valence-electron chi connectivity index (χ0n) is 14.4. The Bertz CT molecular complexity index is 750. The second kappa shape index (κ2) is 7.45. The summed E-state index contributed by atoms with van der Waals surface area (Å²) in [7, 11) is 0. The van der Waals surface area contributed by atoms with Crippen molar-refractivity contribution in [3.8, 4) is 11.3 Å². The lowest BCUT2D eigenvalue weighted by Crippen LogP contribution is -2.51. The number of likely N-dealkylation sites (tertiary alicyclic amines) is 1. The number of nitrogens with zero attached hydrogens (tertiary/aromatic N) is 4. The fourth-order valence-electron chi connectivity index (χ4n) is 3.74. The maximum absolute atomic E-state index is 12.1. The average molecular weight is 340 g/mol. The SMILES string of the molecule is O=c1ccc(-c2ccncc2)nn1CC1CN(CC2CCOCC2)C1. The van der Waals surface area contributed by atoms with Crippen molar-refractivity contribution < 1.29 is 4.74 Å². The van der Waals surface area contributed by atoms with Crippen molar-refractivity contribution in [2.24, 2.45) is 11.8 Å². The average Bonchev–Trinajstić information content (AvgIpc) is 2.63. The van der Waals surface area contributed by atoms with Crippen molar-refractivity contribution in [3.63, 3.8) is 0 Å². The van der Waals surface area contributed by atoms with E-state index in [4.69, 9.17) is 4.74 Å². The summed E-state index contributed by atoms with van der Waals surface area (Å²) in [5.41, 5.74) is 1.78. The van der Waals surface area contributed by atoms with E-state index in [0.29, 0.717) is 12.5 Å². The summed E-state index contributed by atoms with van der Waals surface area (Å²) in [4.78, 5) is 18.7. The minimum Gasteiger partial charge on any atom is -0.381 e. The molecule has 0 spiro atoms.